The van der Waals surface area contributed by atoms with Gasteiger partial charge in [0.25, 0.3) is 0 Å². The fourth-order valence-corrected chi connectivity index (χ4v) is 10.2. The molecule has 11 aromatic rings. The van der Waals surface area contributed by atoms with Crippen LogP contribution in [-0.2, 0) is 25.8 Å². The number of ether oxygens (including phenoxy) is 2. The second kappa shape index (κ2) is 15.4. The van der Waals surface area contributed by atoms with E-state index < -0.39 is 0 Å². The molecule has 63 heavy (non-hydrogen) atoms. The van der Waals surface area contributed by atoms with Crippen molar-refractivity contribution in [2.75, 3.05) is 6.61 Å². The Balaban J connectivity index is 0.952. The molecule has 7 heteroatoms. The van der Waals surface area contributed by atoms with Crippen LogP contribution in [0.3, 0.4) is 0 Å². The molecule has 0 fully saturated rings. The molecule has 0 unspecified atom stereocenters. The number of nitrogens with zero attached hydrogens (tertiary/aromatic N) is 4. The van der Waals surface area contributed by atoms with Gasteiger partial charge in [-0.3, -0.25) is 0 Å². The summed E-state index contributed by atoms with van der Waals surface area (Å²) in [4.78, 5) is 5.02. The van der Waals surface area contributed by atoms with E-state index >= 15 is 0 Å². The van der Waals surface area contributed by atoms with E-state index in [1.165, 1.54) is 5.56 Å². The molecular weight excluding hydrogens is 956 g/mol. The van der Waals surface area contributed by atoms with E-state index in [0.717, 1.165) is 99.4 Å². The van der Waals surface area contributed by atoms with Crippen LogP contribution in [0.15, 0.2) is 194 Å². The molecule has 0 N–H and O–H groups in total. The average molecular weight is 992 g/mol. The normalized spacial score (nSPS) is 12.2. The zero-order chi connectivity index (χ0) is 41.9. The predicted molar refractivity (Wildman–Crippen MR) is 248 cm³/mol. The first-order valence-corrected chi connectivity index (χ1v) is 22.1. The molecule has 8 aromatic carbocycles. The topological polar surface area (TPSA) is 46.1 Å². The molecule has 3 aromatic heterocycles. The number of para-hydroxylation sites is 5. The van der Waals surface area contributed by atoms with E-state index in [0.29, 0.717) is 18.1 Å². The molecule has 12 rings (SSSR count). The minimum atomic E-state index is 0.583. The molecule has 0 spiro atoms. The Bertz CT molecular complexity index is 3530. The number of rotatable bonds is 8. The van der Waals surface area contributed by atoms with Gasteiger partial charge in [0.15, 0.2) is 0 Å². The van der Waals surface area contributed by atoms with E-state index in [1.807, 2.05) is 24.4 Å². The quantitative estimate of drug-likeness (QED) is 0.143. The molecule has 6 nitrogen and oxygen atoms in total. The summed E-state index contributed by atoms with van der Waals surface area (Å²) < 4.78 is 20.5. The Kier molecular flexibility index (Phi) is 9.12. The van der Waals surface area contributed by atoms with Crippen molar-refractivity contribution in [1.29, 1.82) is 0 Å². The van der Waals surface area contributed by atoms with Gasteiger partial charge in [0, 0.05) is 23.7 Å². The third-order valence-electron chi connectivity index (χ3n) is 11.9. The Morgan fingerprint density at radius 2 is 1.16 bits per heavy atom. The van der Waals surface area contributed by atoms with Gasteiger partial charge in [-0.1, -0.05) is 30.3 Å². The van der Waals surface area contributed by atoms with Crippen molar-refractivity contribution in [2.24, 2.45) is 0 Å². The number of imidazole rings is 1. The van der Waals surface area contributed by atoms with E-state index in [9.17, 15) is 0 Å². The Morgan fingerprint density at radius 3 is 1.90 bits per heavy atom. The summed E-state index contributed by atoms with van der Waals surface area (Å²) in [5, 5.41) is 2.19. The molecule has 4 heterocycles. The monoisotopic (exact) mass is 991 g/mol. The van der Waals surface area contributed by atoms with Crippen LogP contribution in [0.4, 0.5) is 0 Å². The second-order valence-electron chi connectivity index (χ2n) is 15.6. The second-order valence-corrected chi connectivity index (χ2v) is 16.6. The first kappa shape index (κ1) is 37.2. The SMILES string of the molecule is [Pt]=[c]1n(-c2[c-]c(Oc3[c-]c4c(cc3)c3ccccc3n4-c3ccc(-c4cccc5c4OCC5)cn3)ccc2)c2ccccc2n1-c1c(-c2ccccc2)cccc1-c1ccccc1. The fraction of sp³-hybridized carbons (Fsp3) is 0.0357. The van der Waals surface area contributed by atoms with E-state index in [1.54, 1.807) is 0 Å². The molecular formula is C56H36N4O2Pt-2. The van der Waals surface area contributed by atoms with Crippen molar-refractivity contribution in [1.82, 2.24) is 18.7 Å². The van der Waals surface area contributed by atoms with Crippen LogP contribution < -0.4 is 9.47 Å². The Labute approximate surface area is 374 Å². The molecule has 304 valence electrons. The third kappa shape index (κ3) is 6.37. The van der Waals surface area contributed by atoms with Crippen LogP contribution in [0.5, 0.6) is 17.2 Å². The number of hydrogen-bond donors (Lipinski definition) is 0. The molecule has 0 aliphatic carbocycles. The zero-order valence-corrected chi connectivity index (χ0v) is 36.1. The minimum absolute atomic E-state index is 0.583. The molecule has 0 amide bonds. The van der Waals surface area contributed by atoms with Crippen LogP contribution in [0.1, 0.15) is 5.56 Å². The average Bonchev–Trinajstić information content (AvgIpc) is 4.04. The molecule has 1 aliphatic heterocycles. The van der Waals surface area contributed by atoms with Gasteiger partial charge in [0.2, 0.25) is 0 Å². The number of fused-ring (bicyclic) bond motifs is 5. The molecule has 0 saturated heterocycles. The van der Waals surface area contributed by atoms with Crippen molar-refractivity contribution < 1.29 is 28.8 Å². The van der Waals surface area contributed by atoms with Crippen LogP contribution in [0.2, 0.25) is 0 Å². The summed E-state index contributed by atoms with van der Waals surface area (Å²) in [7, 11) is 0. The van der Waals surface area contributed by atoms with Gasteiger partial charge in [-0.05, 0) is 11.6 Å². The summed E-state index contributed by atoms with van der Waals surface area (Å²) in [5.74, 6) is 2.93. The maximum absolute atomic E-state index is 6.67. The third-order valence-corrected chi connectivity index (χ3v) is 12.9. The summed E-state index contributed by atoms with van der Waals surface area (Å²) in [6, 6.07) is 72.8. The van der Waals surface area contributed by atoms with Gasteiger partial charge in [-0.2, -0.15) is 0 Å². The predicted octanol–water partition coefficient (Wildman–Crippen LogP) is 13.3. The summed E-state index contributed by atoms with van der Waals surface area (Å²) >= 11 is 2.47. The number of aromatic nitrogens is 4. The first-order valence-electron chi connectivity index (χ1n) is 21.0. The molecule has 0 bridgehead atoms. The van der Waals surface area contributed by atoms with Gasteiger partial charge in [0.05, 0.1) is 6.61 Å². The van der Waals surface area contributed by atoms with Gasteiger partial charge in [0.1, 0.15) is 5.75 Å². The van der Waals surface area contributed by atoms with Gasteiger partial charge in [-0.15, -0.1) is 0 Å². The van der Waals surface area contributed by atoms with E-state index in [-0.39, 0.29) is 0 Å². The van der Waals surface area contributed by atoms with Crippen LogP contribution in [0, 0.1) is 15.9 Å². The van der Waals surface area contributed by atoms with Crippen molar-refractivity contribution >= 4 is 32.8 Å². The van der Waals surface area contributed by atoms with Crippen molar-refractivity contribution in [3.63, 3.8) is 0 Å². The van der Waals surface area contributed by atoms with Crippen molar-refractivity contribution in [2.45, 2.75) is 6.42 Å². The fourth-order valence-electron chi connectivity index (χ4n) is 9.08. The maximum atomic E-state index is 6.67. The zero-order valence-electron chi connectivity index (χ0n) is 33.8. The molecule has 0 radical (unpaired) electrons. The number of benzene rings is 8. The van der Waals surface area contributed by atoms with Gasteiger partial charge in [-0.25, -0.2) is 0 Å². The van der Waals surface area contributed by atoms with Gasteiger partial charge >= 0.3 is 294 Å². The summed E-state index contributed by atoms with van der Waals surface area (Å²) in [6.07, 6.45) is 2.87. The van der Waals surface area contributed by atoms with Crippen molar-refractivity contribution in [3.8, 4) is 67.8 Å². The molecule has 0 saturated carbocycles. The van der Waals surface area contributed by atoms with E-state index in [2.05, 4.69) is 215 Å². The van der Waals surface area contributed by atoms with Crippen LogP contribution >= 0.6 is 0 Å². The van der Waals surface area contributed by atoms with E-state index in [4.69, 9.17) is 14.5 Å². The Hall–Kier alpha value is -7.53. The van der Waals surface area contributed by atoms with Gasteiger partial charge < -0.3 is 4.74 Å². The Morgan fingerprint density at radius 1 is 0.508 bits per heavy atom. The van der Waals surface area contributed by atoms with Crippen LogP contribution in [0.25, 0.3) is 83.4 Å². The molecule has 0 atom stereocenters. The summed E-state index contributed by atoms with van der Waals surface area (Å²) in [6.45, 7) is 0.713. The standard InChI is InChI=1S/C56H36N4O2.Pt/c1-3-14-38(15-4-1)45-22-13-23-46(39-16-5-2-6-17-39)55(45)59-37-58(51-26-9-10-27-52(51)59)42-19-12-20-43(34-42)62-44-29-30-49-48-21-7-8-25-50(48)60(53(49)35-44)54-31-28-41(36-57-54)47-24-11-18-40-32-33-61-56(40)47;/h1-31,36H,32-33H2;/q-2;. The van der Waals surface area contributed by atoms with Crippen LogP contribution in [-0.4, -0.2) is 25.3 Å². The number of hydrogen-bond acceptors (Lipinski definition) is 3. The molecule has 1 aliphatic rings. The summed E-state index contributed by atoms with van der Waals surface area (Å²) in [5.41, 5.74) is 14.0. The number of pyridine rings is 1. The first-order chi connectivity index (χ1) is 31.2. The van der Waals surface area contributed by atoms with Crippen molar-refractivity contribution in [3.05, 3.63) is 216 Å².